The lowest BCUT2D eigenvalue weighted by molar-refractivity contribution is 0.747. The van der Waals surface area contributed by atoms with E-state index in [-0.39, 0.29) is 18.0 Å². The van der Waals surface area contributed by atoms with Crippen LogP contribution in [-0.2, 0) is 0 Å². The molecule has 0 saturated heterocycles. The Bertz CT molecular complexity index is 3970. The smallest absolute Gasteiger partial charge is 0.235 e. The van der Waals surface area contributed by atoms with E-state index in [0.29, 0.717) is 5.95 Å². The van der Waals surface area contributed by atoms with Crippen molar-refractivity contribution in [2.45, 2.75) is 24.4 Å². The molecule has 75 heavy (non-hydrogen) atoms. The maximum absolute atomic E-state index is 5.35. The van der Waals surface area contributed by atoms with Crippen LogP contribution in [0.3, 0.4) is 0 Å². The highest BCUT2D eigenvalue weighted by molar-refractivity contribution is 6.11. The van der Waals surface area contributed by atoms with Crippen molar-refractivity contribution in [3.63, 3.8) is 0 Å². The van der Waals surface area contributed by atoms with Gasteiger partial charge in [-0.1, -0.05) is 200 Å². The van der Waals surface area contributed by atoms with Crippen molar-refractivity contribution in [3.8, 4) is 50.7 Å². The maximum Gasteiger partial charge on any atom is 0.235 e. The van der Waals surface area contributed by atoms with Crippen LogP contribution in [0.4, 0.5) is 22.7 Å². The van der Waals surface area contributed by atoms with Crippen LogP contribution in [0, 0.1) is 0 Å². The van der Waals surface area contributed by atoms with Gasteiger partial charge in [0.15, 0.2) is 0 Å². The fourth-order valence-electron chi connectivity index (χ4n) is 11.6. The number of allylic oxidation sites excluding steroid dienone is 4. The number of hydrogen-bond donors (Lipinski definition) is 0. The first kappa shape index (κ1) is 44.1. The van der Waals surface area contributed by atoms with Crippen LogP contribution in [-0.4, -0.2) is 26.6 Å². The topological polar surface area (TPSA) is 37.2 Å². The summed E-state index contributed by atoms with van der Waals surface area (Å²) in [6.07, 6.45) is 17.1. The van der Waals surface area contributed by atoms with Crippen molar-refractivity contribution in [3.05, 3.63) is 290 Å². The summed E-state index contributed by atoms with van der Waals surface area (Å²) in [6, 6.07) is 85.5. The van der Waals surface area contributed by atoms with E-state index in [9.17, 15) is 0 Å². The van der Waals surface area contributed by atoms with Gasteiger partial charge < -0.3 is 9.80 Å². The molecule has 3 unspecified atom stereocenters. The van der Waals surface area contributed by atoms with Gasteiger partial charge in [0.05, 0.1) is 34.5 Å². The number of fused-ring (bicyclic) bond motifs is 6. The summed E-state index contributed by atoms with van der Waals surface area (Å²) < 4.78 is 2.26. The van der Waals surface area contributed by atoms with Gasteiger partial charge in [0.2, 0.25) is 5.95 Å². The molecule has 11 aromatic rings. The van der Waals surface area contributed by atoms with Crippen LogP contribution >= 0.6 is 0 Å². The molecule has 0 N–H and O–H groups in total. The van der Waals surface area contributed by atoms with Gasteiger partial charge in [-0.05, 0) is 124 Å². The molecule has 5 nitrogen and oxygen atoms in total. The van der Waals surface area contributed by atoms with Crippen LogP contribution in [0.5, 0.6) is 0 Å². The minimum atomic E-state index is 0.0872. The van der Waals surface area contributed by atoms with Gasteiger partial charge in [0.1, 0.15) is 0 Å². The third-order valence-electron chi connectivity index (χ3n) is 15.2. The summed E-state index contributed by atoms with van der Waals surface area (Å²) in [5, 5.41) is 2.30. The normalized spacial score (nSPS) is 16.5. The molecule has 0 saturated carbocycles. The van der Waals surface area contributed by atoms with Crippen LogP contribution in [0.2, 0.25) is 0 Å². The Morgan fingerprint density at radius 1 is 0.440 bits per heavy atom. The summed E-state index contributed by atoms with van der Waals surface area (Å²) in [5.74, 6) is 0.742. The van der Waals surface area contributed by atoms with E-state index in [1.807, 2.05) is 12.1 Å². The van der Waals surface area contributed by atoms with Crippen molar-refractivity contribution < 1.29 is 0 Å². The third-order valence-corrected chi connectivity index (χ3v) is 15.2. The van der Waals surface area contributed by atoms with E-state index < -0.39 is 0 Å². The van der Waals surface area contributed by atoms with E-state index >= 15 is 0 Å². The van der Waals surface area contributed by atoms with Crippen molar-refractivity contribution in [2.75, 3.05) is 9.80 Å². The number of para-hydroxylation sites is 1. The molecular formula is C70H51N5. The fraction of sp³-hybridized carbons (Fsp3) is 0.0571. The first-order chi connectivity index (χ1) is 37.2. The Morgan fingerprint density at radius 3 is 1.57 bits per heavy atom. The van der Waals surface area contributed by atoms with E-state index in [1.54, 1.807) is 0 Å². The zero-order valence-electron chi connectivity index (χ0n) is 41.2. The van der Waals surface area contributed by atoms with Crippen molar-refractivity contribution >= 4 is 50.1 Å². The highest BCUT2D eigenvalue weighted by Gasteiger charge is 2.39. The van der Waals surface area contributed by atoms with E-state index in [2.05, 4.69) is 281 Å². The van der Waals surface area contributed by atoms with Gasteiger partial charge in [-0.3, -0.25) is 4.57 Å². The second kappa shape index (κ2) is 18.8. The molecule has 0 fully saturated rings. The summed E-state index contributed by atoms with van der Waals surface area (Å²) >= 11 is 0. The number of aromatic nitrogens is 3. The summed E-state index contributed by atoms with van der Waals surface area (Å²) in [6.45, 7) is 0. The predicted octanol–water partition coefficient (Wildman–Crippen LogP) is 17.5. The minimum Gasteiger partial charge on any atom is -0.334 e. The molecular weight excluding hydrogens is 911 g/mol. The van der Waals surface area contributed by atoms with Crippen LogP contribution in [0.1, 0.15) is 23.5 Å². The number of hydrogen-bond acceptors (Lipinski definition) is 4. The number of rotatable bonds is 10. The van der Waals surface area contributed by atoms with Gasteiger partial charge in [-0.25, -0.2) is 9.97 Å². The van der Waals surface area contributed by atoms with Crippen LogP contribution in [0.15, 0.2) is 279 Å². The minimum absolute atomic E-state index is 0.0872. The molecule has 9 aromatic carbocycles. The Morgan fingerprint density at radius 2 is 0.973 bits per heavy atom. The molecule has 3 aliphatic rings. The van der Waals surface area contributed by atoms with Crippen LogP contribution < -0.4 is 9.80 Å². The molecule has 0 bridgehead atoms. The molecule has 2 aromatic heterocycles. The second-order valence-corrected chi connectivity index (χ2v) is 19.7. The monoisotopic (exact) mass is 961 g/mol. The number of anilines is 4. The molecule has 0 spiro atoms. The van der Waals surface area contributed by atoms with Crippen molar-refractivity contribution in [2.24, 2.45) is 0 Å². The van der Waals surface area contributed by atoms with Gasteiger partial charge in [0, 0.05) is 50.6 Å². The molecule has 5 heteroatoms. The molecule has 3 atom stereocenters. The van der Waals surface area contributed by atoms with Crippen molar-refractivity contribution in [1.82, 2.24) is 14.5 Å². The zero-order valence-corrected chi connectivity index (χ0v) is 41.2. The Balaban J connectivity index is 0.893. The van der Waals surface area contributed by atoms with E-state index in [1.165, 1.54) is 56.1 Å². The first-order valence-corrected chi connectivity index (χ1v) is 26.0. The Kier molecular flexibility index (Phi) is 11.1. The van der Waals surface area contributed by atoms with E-state index in [0.717, 1.165) is 56.3 Å². The lowest BCUT2D eigenvalue weighted by Crippen LogP contribution is -2.30. The average molecular weight is 962 g/mol. The van der Waals surface area contributed by atoms with E-state index in [4.69, 9.17) is 9.97 Å². The molecule has 0 radical (unpaired) electrons. The standard InChI is InChI=1S/C70H51N5/c1-7-19-48(20-8-1)52-31-39-66-60(43-52)61-45-54(33-40-67(61)74(66)59-37-35-58(36-38-59)73(56-27-15-5-16-28-56)57-29-17-6-18-30-57)55-34-42-69-63(46-55)62-44-53(49-21-9-2-10-22-49)32-41-68(62)75(69)70-71-64(50-23-11-3-12-24-50)47-65(72-70)51-25-13-4-14-26-51/h1-29,31-47,57,61,67H,30H2. The van der Waals surface area contributed by atoms with Gasteiger partial charge in [0.25, 0.3) is 0 Å². The molecule has 356 valence electrons. The Labute approximate surface area is 437 Å². The highest BCUT2D eigenvalue weighted by atomic mass is 15.2. The molecule has 0 amide bonds. The Hall–Kier alpha value is -9.58. The molecule has 3 heterocycles. The molecule has 2 aliphatic carbocycles. The third kappa shape index (κ3) is 8.06. The van der Waals surface area contributed by atoms with Gasteiger partial charge in [-0.15, -0.1) is 0 Å². The number of nitrogens with zero attached hydrogens (tertiary/aromatic N) is 5. The van der Waals surface area contributed by atoms with Crippen molar-refractivity contribution in [1.29, 1.82) is 0 Å². The summed E-state index contributed by atoms with van der Waals surface area (Å²) in [5.41, 5.74) is 19.2. The first-order valence-electron chi connectivity index (χ1n) is 26.0. The summed E-state index contributed by atoms with van der Waals surface area (Å²) in [7, 11) is 0. The highest BCUT2D eigenvalue weighted by Crippen LogP contribution is 2.51. The van der Waals surface area contributed by atoms with Crippen LogP contribution in [0.25, 0.3) is 78.1 Å². The quantitative estimate of drug-likeness (QED) is 0.137. The maximum atomic E-state index is 5.35. The number of benzene rings is 9. The lowest BCUT2D eigenvalue weighted by atomic mass is 9.85. The fourth-order valence-corrected chi connectivity index (χ4v) is 11.6. The molecule has 14 rings (SSSR count). The largest absolute Gasteiger partial charge is 0.334 e. The molecule has 1 aliphatic heterocycles. The second-order valence-electron chi connectivity index (χ2n) is 19.7. The predicted molar refractivity (Wildman–Crippen MR) is 312 cm³/mol. The SMILES string of the molecule is C1=CCC(N(c2ccccc2)c2ccc(N3c4ccc(-c5ccccc5)cc4C4C=C(c5ccc6c(c5)c5cc(-c7ccccc7)ccc5n6-c5nc(-c6ccccc6)cc(-c6ccccc6)n5)C=CC43)cc2)C=C1. The average Bonchev–Trinajstić information content (AvgIpc) is 4.02. The van der Waals surface area contributed by atoms with Gasteiger partial charge in [-0.2, -0.15) is 0 Å². The van der Waals surface area contributed by atoms with Gasteiger partial charge >= 0.3 is 0 Å². The lowest BCUT2D eigenvalue weighted by Gasteiger charge is -2.34. The zero-order chi connectivity index (χ0) is 49.7. The summed E-state index contributed by atoms with van der Waals surface area (Å²) in [4.78, 5) is 15.7.